The van der Waals surface area contributed by atoms with Crippen LogP contribution in [-0.2, 0) is 12.7 Å². The molecule has 2 aromatic rings. The number of nitrogens with zero attached hydrogens (tertiary/aromatic N) is 1. The average Bonchev–Trinajstić information content (AvgIpc) is 2.66. The van der Waals surface area contributed by atoms with Crippen LogP contribution in [0.1, 0.15) is 24.0 Å². The fourth-order valence-electron chi connectivity index (χ4n) is 2.94. The summed E-state index contributed by atoms with van der Waals surface area (Å²) >= 11 is 13.3. The summed E-state index contributed by atoms with van der Waals surface area (Å²) in [5.74, 6) is 0.465. The highest BCUT2D eigenvalue weighted by Gasteiger charge is 2.31. The number of benzene rings is 2. The molecule has 1 aliphatic rings. The lowest BCUT2D eigenvalue weighted by Crippen LogP contribution is -2.35. The monoisotopic (exact) mass is 462 g/mol. The summed E-state index contributed by atoms with van der Waals surface area (Å²) in [6.07, 6.45) is -2.91. The molecule has 1 aliphatic heterocycles. The average molecular weight is 463 g/mol. The summed E-state index contributed by atoms with van der Waals surface area (Å²) in [5.41, 5.74) is 12.8. The SMILES string of the molecule is NC1=C(N)N(Cc2ccc(C(F)(F)F)cc2NSc2cccc(Cl)c2Cl)CCC1. The van der Waals surface area contributed by atoms with Crippen LogP contribution in [0, 0.1) is 0 Å². The molecule has 10 heteroatoms. The van der Waals surface area contributed by atoms with Crippen molar-refractivity contribution in [3.8, 4) is 0 Å². The summed E-state index contributed by atoms with van der Waals surface area (Å²) in [6, 6.07) is 8.67. The van der Waals surface area contributed by atoms with Crippen LogP contribution < -0.4 is 16.2 Å². The number of hydrogen-bond acceptors (Lipinski definition) is 5. The number of alkyl halides is 3. The van der Waals surface area contributed by atoms with Crippen molar-refractivity contribution in [1.29, 1.82) is 0 Å². The molecular formula is C19H19Cl2F3N4S. The Kier molecular flexibility index (Phi) is 6.65. The summed E-state index contributed by atoms with van der Waals surface area (Å²) in [6.45, 7) is 1.01. The Morgan fingerprint density at radius 2 is 1.90 bits per heavy atom. The predicted molar refractivity (Wildman–Crippen MR) is 112 cm³/mol. The maximum atomic E-state index is 13.2. The topological polar surface area (TPSA) is 67.3 Å². The third-order valence-electron chi connectivity index (χ3n) is 4.53. The van der Waals surface area contributed by atoms with Gasteiger partial charge in [-0.15, -0.1) is 0 Å². The molecule has 0 fully saturated rings. The fourth-order valence-corrected chi connectivity index (χ4v) is 4.17. The first kappa shape index (κ1) is 21.8. The second-order valence-electron chi connectivity index (χ2n) is 6.56. The molecule has 3 rings (SSSR count). The quantitative estimate of drug-likeness (QED) is 0.488. The maximum Gasteiger partial charge on any atom is 0.416 e. The van der Waals surface area contributed by atoms with Crippen molar-refractivity contribution in [3.63, 3.8) is 0 Å². The van der Waals surface area contributed by atoms with Gasteiger partial charge >= 0.3 is 6.18 Å². The molecule has 2 aromatic carbocycles. The van der Waals surface area contributed by atoms with Gasteiger partial charge < -0.3 is 21.1 Å². The molecule has 0 saturated carbocycles. The van der Waals surface area contributed by atoms with Crippen LogP contribution in [0.5, 0.6) is 0 Å². The maximum absolute atomic E-state index is 13.2. The first-order valence-corrected chi connectivity index (χ1v) is 10.3. The lowest BCUT2D eigenvalue weighted by atomic mass is 10.1. The van der Waals surface area contributed by atoms with E-state index < -0.39 is 11.7 Å². The third kappa shape index (κ3) is 5.18. The molecule has 156 valence electrons. The van der Waals surface area contributed by atoms with E-state index in [-0.39, 0.29) is 0 Å². The molecule has 0 bridgehead atoms. The summed E-state index contributed by atoms with van der Waals surface area (Å²) in [7, 11) is 0. The first-order valence-electron chi connectivity index (χ1n) is 8.73. The van der Waals surface area contributed by atoms with Crippen molar-refractivity contribution in [1.82, 2.24) is 4.90 Å². The van der Waals surface area contributed by atoms with Crippen LogP contribution in [0.4, 0.5) is 18.9 Å². The van der Waals surface area contributed by atoms with Crippen molar-refractivity contribution in [2.24, 2.45) is 11.5 Å². The second kappa shape index (κ2) is 8.85. The van der Waals surface area contributed by atoms with Gasteiger partial charge in [-0.2, -0.15) is 13.2 Å². The van der Waals surface area contributed by atoms with Gasteiger partial charge in [-0.25, -0.2) is 0 Å². The molecule has 0 aliphatic carbocycles. The molecule has 0 atom stereocenters. The Balaban J connectivity index is 1.89. The van der Waals surface area contributed by atoms with E-state index in [2.05, 4.69) is 4.72 Å². The molecule has 0 aromatic heterocycles. The van der Waals surface area contributed by atoms with Gasteiger partial charge in [0.1, 0.15) is 5.82 Å². The number of nitrogens with two attached hydrogens (primary N) is 2. The van der Waals surface area contributed by atoms with Crippen molar-refractivity contribution < 1.29 is 13.2 Å². The zero-order valence-corrected chi connectivity index (χ0v) is 17.5. The van der Waals surface area contributed by atoms with E-state index in [0.29, 0.717) is 57.2 Å². The molecule has 0 spiro atoms. The first-order chi connectivity index (χ1) is 13.7. The lowest BCUT2D eigenvalue weighted by molar-refractivity contribution is -0.137. The van der Waals surface area contributed by atoms with E-state index in [0.717, 1.165) is 30.5 Å². The molecule has 0 radical (unpaired) electrons. The lowest BCUT2D eigenvalue weighted by Gasteiger charge is -2.31. The van der Waals surface area contributed by atoms with Crippen LogP contribution >= 0.6 is 35.1 Å². The van der Waals surface area contributed by atoms with Crippen LogP contribution in [-0.4, -0.2) is 11.4 Å². The Bertz CT molecular complexity index is 934. The Labute approximate surface area is 181 Å². The van der Waals surface area contributed by atoms with Gasteiger partial charge in [0.15, 0.2) is 0 Å². The fraction of sp³-hybridized carbons (Fsp3) is 0.263. The minimum atomic E-state index is -4.46. The summed E-state index contributed by atoms with van der Waals surface area (Å²) in [5, 5.41) is 0.695. The van der Waals surface area contributed by atoms with Crippen LogP contribution in [0.15, 0.2) is 52.8 Å². The van der Waals surface area contributed by atoms with E-state index >= 15 is 0 Å². The van der Waals surface area contributed by atoms with Crippen molar-refractivity contribution >= 4 is 40.8 Å². The van der Waals surface area contributed by atoms with E-state index in [1.165, 1.54) is 6.07 Å². The number of allylic oxidation sites excluding steroid dienone is 1. The third-order valence-corrected chi connectivity index (χ3v) is 6.34. The van der Waals surface area contributed by atoms with Gasteiger partial charge in [0.05, 0.1) is 15.6 Å². The Morgan fingerprint density at radius 1 is 1.14 bits per heavy atom. The second-order valence-corrected chi connectivity index (χ2v) is 8.19. The van der Waals surface area contributed by atoms with E-state index in [4.69, 9.17) is 34.7 Å². The van der Waals surface area contributed by atoms with Gasteiger partial charge in [0, 0.05) is 29.4 Å². The highest BCUT2D eigenvalue weighted by Crippen LogP contribution is 2.37. The summed E-state index contributed by atoms with van der Waals surface area (Å²) < 4.78 is 42.7. The van der Waals surface area contributed by atoms with Crippen LogP contribution in [0.3, 0.4) is 0 Å². The molecular weight excluding hydrogens is 444 g/mol. The van der Waals surface area contributed by atoms with Crippen LogP contribution in [0.25, 0.3) is 0 Å². The smallest absolute Gasteiger partial charge is 0.399 e. The molecule has 0 saturated heterocycles. The molecule has 0 unspecified atom stereocenters. The van der Waals surface area contributed by atoms with Gasteiger partial charge in [-0.05, 0) is 54.6 Å². The minimum absolute atomic E-state index is 0.317. The molecule has 29 heavy (non-hydrogen) atoms. The van der Waals surface area contributed by atoms with Crippen molar-refractivity contribution in [2.45, 2.75) is 30.5 Å². The van der Waals surface area contributed by atoms with Gasteiger partial charge in [-0.3, -0.25) is 0 Å². The highest BCUT2D eigenvalue weighted by molar-refractivity contribution is 8.00. The highest BCUT2D eigenvalue weighted by atomic mass is 35.5. The standard InChI is InChI=1S/C19H19Cl2F3N4S/c20-13-3-1-5-16(17(13)21)29-27-15-9-12(19(22,23)24)7-6-11(15)10-28-8-2-4-14(25)18(28)26/h1,3,5-7,9,27H,2,4,8,10,25-26H2. The van der Waals surface area contributed by atoms with Crippen molar-refractivity contribution in [2.75, 3.05) is 11.3 Å². The molecule has 4 nitrogen and oxygen atoms in total. The van der Waals surface area contributed by atoms with Crippen molar-refractivity contribution in [3.05, 3.63) is 69.1 Å². The van der Waals surface area contributed by atoms with E-state index in [9.17, 15) is 13.2 Å². The zero-order valence-electron chi connectivity index (χ0n) is 15.2. The number of rotatable bonds is 5. The predicted octanol–water partition coefficient (Wildman–Crippen LogP) is 5.81. The molecule has 1 heterocycles. The minimum Gasteiger partial charge on any atom is -0.399 e. The number of nitrogens with one attached hydrogen (secondary N) is 1. The Morgan fingerprint density at radius 3 is 2.62 bits per heavy atom. The largest absolute Gasteiger partial charge is 0.416 e. The normalized spacial score (nSPS) is 15.0. The number of halogens is 5. The molecule has 0 amide bonds. The zero-order chi connectivity index (χ0) is 21.2. The van der Waals surface area contributed by atoms with Gasteiger partial charge in [0.2, 0.25) is 0 Å². The Hall–Kier alpha value is -1.90. The van der Waals surface area contributed by atoms with E-state index in [1.807, 2.05) is 4.90 Å². The van der Waals surface area contributed by atoms with Gasteiger partial charge in [-0.1, -0.05) is 35.3 Å². The van der Waals surface area contributed by atoms with Crippen LogP contribution in [0.2, 0.25) is 10.0 Å². The van der Waals surface area contributed by atoms with Gasteiger partial charge in [0.25, 0.3) is 0 Å². The summed E-state index contributed by atoms with van der Waals surface area (Å²) in [4.78, 5) is 2.47. The molecule has 5 N–H and O–H groups in total. The number of hydrogen-bond donors (Lipinski definition) is 3. The van der Waals surface area contributed by atoms with E-state index in [1.54, 1.807) is 18.2 Å². The number of anilines is 1.